The van der Waals surface area contributed by atoms with E-state index in [0.29, 0.717) is 5.56 Å². The molecule has 0 N–H and O–H groups in total. The van der Waals surface area contributed by atoms with Gasteiger partial charge in [-0.2, -0.15) is 5.26 Å². The van der Waals surface area contributed by atoms with Gasteiger partial charge < -0.3 is 0 Å². The number of rotatable bonds is 0. The Morgan fingerprint density at radius 2 is 2.07 bits per heavy atom. The molecule has 0 atom stereocenters. The zero-order valence-corrected chi connectivity index (χ0v) is 8.20. The van der Waals surface area contributed by atoms with Crippen LogP contribution in [0.5, 0.6) is 0 Å². The molecule has 1 aromatic carbocycles. The van der Waals surface area contributed by atoms with Crippen LogP contribution in [0.15, 0.2) is 24.4 Å². The average molecular weight is 182 g/mol. The number of para-hydroxylation sites is 1. The molecule has 2 heteroatoms. The molecule has 2 rings (SSSR count). The molecule has 0 aliphatic carbocycles. The SMILES string of the molecule is Cc1cnc2c(C#N)cccc2c1C. The molecule has 1 heterocycles. The molecule has 0 saturated heterocycles. The Bertz CT molecular complexity index is 536. The van der Waals surface area contributed by atoms with Crippen molar-refractivity contribution in [2.75, 3.05) is 0 Å². The van der Waals surface area contributed by atoms with Crippen LogP contribution in [-0.2, 0) is 0 Å². The smallest absolute Gasteiger partial charge is 0.101 e. The quantitative estimate of drug-likeness (QED) is 0.628. The second-order valence-electron chi connectivity index (χ2n) is 3.38. The fourth-order valence-electron chi connectivity index (χ4n) is 1.55. The van der Waals surface area contributed by atoms with E-state index in [2.05, 4.69) is 18.0 Å². The van der Waals surface area contributed by atoms with Gasteiger partial charge in [-0.3, -0.25) is 4.98 Å². The van der Waals surface area contributed by atoms with Crippen LogP contribution >= 0.6 is 0 Å². The Morgan fingerprint density at radius 1 is 1.29 bits per heavy atom. The number of aryl methyl sites for hydroxylation is 2. The number of aromatic nitrogens is 1. The highest BCUT2D eigenvalue weighted by atomic mass is 14.7. The third-order valence-electron chi connectivity index (χ3n) is 2.54. The first kappa shape index (κ1) is 8.71. The summed E-state index contributed by atoms with van der Waals surface area (Å²) in [6, 6.07) is 7.85. The number of hydrogen-bond acceptors (Lipinski definition) is 2. The van der Waals surface area contributed by atoms with Crippen molar-refractivity contribution in [3.8, 4) is 6.07 Å². The number of nitriles is 1. The van der Waals surface area contributed by atoms with Crippen LogP contribution in [-0.4, -0.2) is 4.98 Å². The number of nitrogens with zero attached hydrogens (tertiary/aromatic N) is 2. The molecule has 2 aromatic rings. The van der Waals surface area contributed by atoms with Gasteiger partial charge >= 0.3 is 0 Å². The van der Waals surface area contributed by atoms with Crippen LogP contribution in [0, 0.1) is 25.2 Å². The largest absolute Gasteiger partial charge is 0.255 e. The second-order valence-corrected chi connectivity index (χ2v) is 3.38. The molecule has 68 valence electrons. The zero-order valence-electron chi connectivity index (χ0n) is 8.20. The molecule has 2 nitrogen and oxygen atoms in total. The van der Waals surface area contributed by atoms with Crippen LogP contribution < -0.4 is 0 Å². The summed E-state index contributed by atoms with van der Waals surface area (Å²) in [4.78, 5) is 4.29. The summed E-state index contributed by atoms with van der Waals surface area (Å²) in [7, 11) is 0. The molecule has 1 aromatic heterocycles. The molecular formula is C12H10N2. The topological polar surface area (TPSA) is 36.7 Å². The highest BCUT2D eigenvalue weighted by Gasteiger charge is 2.04. The van der Waals surface area contributed by atoms with E-state index in [1.165, 1.54) is 5.56 Å². The average Bonchev–Trinajstić information content (AvgIpc) is 2.23. The molecule has 0 fully saturated rings. The maximum absolute atomic E-state index is 8.91. The summed E-state index contributed by atoms with van der Waals surface area (Å²) in [5, 5.41) is 9.98. The lowest BCUT2D eigenvalue weighted by atomic mass is 10.0. The fraction of sp³-hybridized carbons (Fsp3) is 0.167. The van der Waals surface area contributed by atoms with Crippen molar-refractivity contribution in [2.24, 2.45) is 0 Å². The molecule has 0 aliphatic heterocycles. The van der Waals surface area contributed by atoms with E-state index in [-0.39, 0.29) is 0 Å². The van der Waals surface area contributed by atoms with E-state index >= 15 is 0 Å². The van der Waals surface area contributed by atoms with Gasteiger partial charge in [-0.05, 0) is 31.0 Å². The van der Waals surface area contributed by atoms with Crippen molar-refractivity contribution < 1.29 is 0 Å². The second kappa shape index (κ2) is 3.12. The van der Waals surface area contributed by atoms with Crippen LogP contribution in [0.1, 0.15) is 16.7 Å². The third-order valence-corrected chi connectivity index (χ3v) is 2.54. The lowest BCUT2D eigenvalue weighted by Crippen LogP contribution is -1.89. The van der Waals surface area contributed by atoms with Crippen molar-refractivity contribution in [3.63, 3.8) is 0 Å². The first-order chi connectivity index (χ1) is 6.74. The predicted molar refractivity (Wildman–Crippen MR) is 55.9 cm³/mol. The Kier molecular flexibility index (Phi) is 1.94. The minimum absolute atomic E-state index is 0.644. The van der Waals surface area contributed by atoms with Crippen molar-refractivity contribution in [1.82, 2.24) is 4.98 Å². The van der Waals surface area contributed by atoms with Gasteiger partial charge in [-0.25, -0.2) is 0 Å². The molecule has 0 radical (unpaired) electrons. The first-order valence-electron chi connectivity index (χ1n) is 4.49. The fourth-order valence-corrected chi connectivity index (χ4v) is 1.55. The standard InChI is InChI=1S/C12H10N2/c1-8-7-14-12-10(6-13)4-3-5-11(12)9(8)2/h3-5,7H,1-2H3. The maximum Gasteiger partial charge on any atom is 0.101 e. The van der Waals surface area contributed by atoms with Gasteiger partial charge in [0.05, 0.1) is 11.1 Å². The van der Waals surface area contributed by atoms with Gasteiger partial charge in [0.25, 0.3) is 0 Å². The molecule has 14 heavy (non-hydrogen) atoms. The van der Waals surface area contributed by atoms with Crippen LogP contribution in [0.2, 0.25) is 0 Å². The predicted octanol–water partition coefficient (Wildman–Crippen LogP) is 2.72. The van der Waals surface area contributed by atoms with Gasteiger partial charge in [0.15, 0.2) is 0 Å². The Balaban J connectivity index is 2.95. The van der Waals surface area contributed by atoms with Crippen LogP contribution in [0.3, 0.4) is 0 Å². The Morgan fingerprint density at radius 3 is 2.79 bits per heavy atom. The number of benzene rings is 1. The minimum Gasteiger partial charge on any atom is -0.255 e. The normalized spacial score (nSPS) is 10.1. The maximum atomic E-state index is 8.91. The van der Waals surface area contributed by atoms with E-state index in [4.69, 9.17) is 5.26 Å². The summed E-state index contributed by atoms with van der Waals surface area (Å²) in [6.07, 6.45) is 1.82. The first-order valence-corrected chi connectivity index (χ1v) is 4.49. The van der Waals surface area contributed by atoms with Gasteiger partial charge in [0, 0.05) is 11.6 Å². The van der Waals surface area contributed by atoms with E-state index < -0.39 is 0 Å². The molecule has 0 amide bonds. The summed E-state index contributed by atoms with van der Waals surface area (Å²) < 4.78 is 0. The summed E-state index contributed by atoms with van der Waals surface area (Å²) in [6.45, 7) is 4.08. The zero-order chi connectivity index (χ0) is 10.1. The van der Waals surface area contributed by atoms with Crippen molar-refractivity contribution >= 4 is 10.9 Å². The highest BCUT2D eigenvalue weighted by molar-refractivity contribution is 5.87. The van der Waals surface area contributed by atoms with E-state index in [1.807, 2.05) is 25.3 Å². The highest BCUT2D eigenvalue weighted by Crippen LogP contribution is 2.21. The van der Waals surface area contributed by atoms with E-state index in [9.17, 15) is 0 Å². The van der Waals surface area contributed by atoms with Crippen molar-refractivity contribution in [2.45, 2.75) is 13.8 Å². The molecule has 0 bridgehead atoms. The summed E-state index contributed by atoms with van der Waals surface area (Å²) in [5.74, 6) is 0. The van der Waals surface area contributed by atoms with Gasteiger partial charge in [-0.15, -0.1) is 0 Å². The van der Waals surface area contributed by atoms with Crippen LogP contribution in [0.4, 0.5) is 0 Å². The molecule has 0 saturated carbocycles. The summed E-state index contributed by atoms with van der Waals surface area (Å²) >= 11 is 0. The monoisotopic (exact) mass is 182 g/mol. The number of pyridine rings is 1. The number of hydrogen-bond donors (Lipinski definition) is 0. The number of fused-ring (bicyclic) bond motifs is 1. The minimum atomic E-state index is 0.644. The van der Waals surface area contributed by atoms with Crippen molar-refractivity contribution in [3.05, 3.63) is 41.1 Å². The van der Waals surface area contributed by atoms with Crippen molar-refractivity contribution in [1.29, 1.82) is 5.26 Å². The molecule has 0 unspecified atom stereocenters. The lowest BCUT2D eigenvalue weighted by Gasteiger charge is -2.05. The molecule has 0 spiro atoms. The van der Waals surface area contributed by atoms with Gasteiger partial charge in [0.1, 0.15) is 6.07 Å². The van der Waals surface area contributed by atoms with E-state index in [0.717, 1.165) is 16.5 Å². The Labute approximate surface area is 82.8 Å². The lowest BCUT2D eigenvalue weighted by molar-refractivity contribution is 1.27. The summed E-state index contributed by atoms with van der Waals surface area (Å²) in [5.41, 5.74) is 3.81. The van der Waals surface area contributed by atoms with Gasteiger partial charge in [-0.1, -0.05) is 12.1 Å². The van der Waals surface area contributed by atoms with E-state index in [1.54, 1.807) is 6.07 Å². The van der Waals surface area contributed by atoms with Gasteiger partial charge in [0.2, 0.25) is 0 Å². The Hall–Kier alpha value is -1.88. The third kappa shape index (κ3) is 1.14. The molecular weight excluding hydrogens is 172 g/mol. The molecule has 0 aliphatic rings. The van der Waals surface area contributed by atoms with Crippen LogP contribution in [0.25, 0.3) is 10.9 Å².